The van der Waals surface area contributed by atoms with E-state index >= 15 is 0 Å². The summed E-state index contributed by atoms with van der Waals surface area (Å²) in [6.45, 7) is 7.68. The monoisotopic (exact) mass is 425 g/mol. The predicted octanol–water partition coefficient (Wildman–Crippen LogP) is 4.85. The number of unbranched alkanes of at least 4 members (excludes halogenated alkanes) is 7. The van der Waals surface area contributed by atoms with Gasteiger partial charge in [0.15, 0.2) is 0 Å². The van der Waals surface area contributed by atoms with Crippen LogP contribution in [0.5, 0.6) is 5.75 Å². The standard InChI is InChI=1S/C24H43NO5/c1-2-3-4-5-6-7-8-9-14-26-15-16-27-17-18-28-19-20-29-21-22-30-24-12-10-23(25)11-13-24/h10-13H,2-9,14-22,25H2,1H3. The Morgan fingerprint density at radius 2 is 0.967 bits per heavy atom. The fourth-order valence-electron chi connectivity index (χ4n) is 2.88. The maximum Gasteiger partial charge on any atom is 0.119 e. The molecule has 1 aromatic rings. The van der Waals surface area contributed by atoms with Gasteiger partial charge in [0, 0.05) is 12.3 Å². The fourth-order valence-corrected chi connectivity index (χ4v) is 2.88. The van der Waals surface area contributed by atoms with Gasteiger partial charge in [-0.15, -0.1) is 0 Å². The molecule has 0 radical (unpaired) electrons. The summed E-state index contributed by atoms with van der Waals surface area (Å²) in [7, 11) is 0. The van der Waals surface area contributed by atoms with Gasteiger partial charge in [0.1, 0.15) is 12.4 Å². The molecule has 6 nitrogen and oxygen atoms in total. The van der Waals surface area contributed by atoms with Crippen LogP contribution < -0.4 is 10.5 Å². The summed E-state index contributed by atoms with van der Waals surface area (Å²) in [6.07, 6.45) is 10.6. The molecule has 0 heterocycles. The number of nitrogens with two attached hydrogens (primary N) is 1. The van der Waals surface area contributed by atoms with Crippen LogP contribution in [0.25, 0.3) is 0 Å². The number of hydrogen-bond acceptors (Lipinski definition) is 6. The normalized spacial score (nSPS) is 11.1. The number of hydrogen-bond donors (Lipinski definition) is 1. The first-order valence-electron chi connectivity index (χ1n) is 11.6. The predicted molar refractivity (Wildman–Crippen MR) is 122 cm³/mol. The molecular weight excluding hydrogens is 382 g/mol. The third-order valence-corrected chi connectivity index (χ3v) is 4.63. The molecule has 0 unspecified atom stereocenters. The Hall–Kier alpha value is -1.34. The van der Waals surface area contributed by atoms with E-state index in [4.69, 9.17) is 29.4 Å². The summed E-state index contributed by atoms with van der Waals surface area (Å²) in [6, 6.07) is 7.32. The quantitative estimate of drug-likeness (QED) is 0.211. The van der Waals surface area contributed by atoms with Gasteiger partial charge in [0.05, 0.1) is 46.2 Å². The first-order chi connectivity index (χ1) is 14.8. The van der Waals surface area contributed by atoms with Crippen molar-refractivity contribution in [1.82, 2.24) is 0 Å². The summed E-state index contributed by atoms with van der Waals surface area (Å²) < 4.78 is 27.6. The highest BCUT2D eigenvalue weighted by molar-refractivity contribution is 5.41. The van der Waals surface area contributed by atoms with Crippen LogP contribution in [0, 0.1) is 0 Å². The molecule has 0 spiro atoms. The van der Waals surface area contributed by atoms with E-state index in [9.17, 15) is 0 Å². The first kappa shape index (κ1) is 26.7. The molecule has 0 aliphatic heterocycles. The maximum absolute atomic E-state index is 5.63. The summed E-state index contributed by atoms with van der Waals surface area (Å²) in [5.41, 5.74) is 6.35. The third-order valence-electron chi connectivity index (χ3n) is 4.63. The van der Waals surface area contributed by atoms with Gasteiger partial charge in [0.25, 0.3) is 0 Å². The highest BCUT2D eigenvalue weighted by atomic mass is 16.6. The minimum Gasteiger partial charge on any atom is -0.491 e. The SMILES string of the molecule is CCCCCCCCCCOCCOCCOCCOCCOc1ccc(N)cc1. The van der Waals surface area contributed by atoms with Crippen molar-refractivity contribution in [2.75, 3.05) is 65.2 Å². The molecular formula is C24H43NO5. The zero-order valence-corrected chi connectivity index (χ0v) is 18.9. The molecule has 0 saturated heterocycles. The van der Waals surface area contributed by atoms with Crippen molar-refractivity contribution in [3.8, 4) is 5.75 Å². The van der Waals surface area contributed by atoms with Gasteiger partial charge in [-0.3, -0.25) is 0 Å². The van der Waals surface area contributed by atoms with Crippen LogP contribution in [0.3, 0.4) is 0 Å². The van der Waals surface area contributed by atoms with Crippen molar-refractivity contribution in [1.29, 1.82) is 0 Å². The second-order valence-corrected chi connectivity index (χ2v) is 7.34. The highest BCUT2D eigenvalue weighted by Crippen LogP contribution is 2.12. The van der Waals surface area contributed by atoms with Crippen molar-refractivity contribution in [3.05, 3.63) is 24.3 Å². The van der Waals surface area contributed by atoms with Crippen LogP contribution in [0.15, 0.2) is 24.3 Å². The van der Waals surface area contributed by atoms with Crippen molar-refractivity contribution in [3.63, 3.8) is 0 Å². The van der Waals surface area contributed by atoms with E-state index in [1.165, 1.54) is 44.9 Å². The topological polar surface area (TPSA) is 72.2 Å². The van der Waals surface area contributed by atoms with Crippen LogP contribution in [0.4, 0.5) is 5.69 Å². The van der Waals surface area contributed by atoms with E-state index in [0.29, 0.717) is 52.9 Å². The zero-order valence-electron chi connectivity index (χ0n) is 18.9. The number of benzene rings is 1. The molecule has 6 heteroatoms. The van der Waals surface area contributed by atoms with Crippen LogP contribution in [0.2, 0.25) is 0 Å². The highest BCUT2D eigenvalue weighted by Gasteiger charge is 1.96. The molecule has 0 saturated carbocycles. The van der Waals surface area contributed by atoms with E-state index in [-0.39, 0.29) is 0 Å². The smallest absolute Gasteiger partial charge is 0.119 e. The van der Waals surface area contributed by atoms with Crippen LogP contribution >= 0.6 is 0 Å². The molecule has 0 bridgehead atoms. The van der Waals surface area contributed by atoms with Gasteiger partial charge in [-0.2, -0.15) is 0 Å². The Labute approximate surface area is 183 Å². The van der Waals surface area contributed by atoms with E-state index in [0.717, 1.165) is 24.5 Å². The van der Waals surface area contributed by atoms with E-state index in [1.54, 1.807) is 0 Å². The number of nitrogen functional groups attached to an aromatic ring is 1. The average molecular weight is 426 g/mol. The van der Waals surface area contributed by atoms with Gasteiger partial charge >= 0.3 is 0 Å². The largest absolute Gasteiger partial charge is 0.491 e. The molecule has 0 amide bonds. The van der Waals surface area contributed by atoms with E-state index in [2.05, 4.69) is 6.92 Å². The number of rotatable bonds is 22. The molecule has 0 fully saturated rings. The van der Waals surface area contributed by atoms with Crippen LogP contribution in [0.1, 0.15) is 58.3 Å². The number of ether oxygens (including phenoxy) is 5. The minimum absolute atomic E-state index is 0.506. The summed E-state index contributed by atoms with van der Waals surface area (Å²) in [5, 5.41) is 0. The molecule has 0 atom stereocenters. The third kappa shape index (κ3) is 17.5. The molecule has 30 heavy (non-hydrogen) atoms. The van der Waals surface area contributed by atoms with E-state index < -0.39 is 0 Å². The lowest BCUT2D eigenvalue weighted by atomic mass is 10.1. The fraction of sp³-hybridized carbons (Fsp3) is 0.750. The maximum atomic E-state index is 5.63. The van der Waals surface area contributed by atoms with Crippen molar-refractivity contribution in [2.24, 2.45) is 0 Å². The Kier molecular flexibility index (Phi) is 18.6. The first-order valence-corrected chi connectivity index (χ1v) is 11.6. The van der Waals surface area contributed by atoms with Crippen molar-refractivity contribution in [2.45, 2.75) is 58.3 Å². The zero-order chi connectivity index (χ0) is 21.5. The average Bonchev–Trinajstić information content (AvgIpc) is 2.76. The molecule has 2 N–H and O–H groups in total. The molecule has 0 aliphatic rings. The Morgan fingerprint density at radius 1 is 0.533 bits per heavy atom. The van der Waals surface area contributed by atoms with Gasteiger partial charge in [-0.05, 0) is 30.7 Å². The summed E-state index contributed by atoms with van der Waals surface area (Å²) >= 11 is 0. The molecule has 174 valence electrons. The lowest BCUT2D eigenvalue weighted by Crippen LogP contribution is -2.13. The molecule has 1 rings (SSSR count). The number of anilines is 1. The Bertz CT molecular complexity index is 469. The van der Waals surface area contributed by atoms with E-state index in [1.807, 2.05) is 24.3 Å². The molecule has 1 aromatic carbocycles. The van der Waals surface area contributed by atoms with Crippen molar-refractivity contribution < 1.29 is 23.7 Å². The lowest BCUT2D eigenvalue weighted by molar-refractivity contribution is -0.00487. The van der Waals surface area contributed by atoms with Crippen molar-refractivity contribution >= 4 is 5.69 Å². The lowest BCUT2D eigenvalue weighted by Gasteiger charge is -2.08. The van der Waals surface area contributed by atoms with Gasteiger partial charge in [0.2, 0.25) is 0 Å². The minimum atomic E-state index is 0.506. The second kappa shape index (κ2) is 20.9. The molecule has 0 aromatic heterocycles. The van der Waals surface area contributed by atoms with Crippen LogP contribution in [-0.2, 0) is 18.9 Å². The Morgan fingerprint density at radius 3 is 1.50 bits per heavy atom. The van der Waals surface area contributed by atoms with Crippen LogP contribution in [-0.4, -0.2) is 59.5 Å². The van der Waals surface area contributed by atoms with Gasteiger partial charge in [-0.25, -0.2) is 0 Å². The summed E-state index contributed by atoms with van der Waals surface area (Å²) in [4.78, 5) is 0. The molecule has 0 aliphatic carbocycles. The summed E-state index contributed by atoms with van der Waals surface area (Å²) in [5.74, 6) is 0.794. The Balaban J connectivity index is 1.68. The second-order valence-electron chi connectivity index (χ2n) is 7.34. The van der Waals surface area contributed by atoms with Gasteiger partial charge < -0.3 is 29.4 Å². The van der Waals surface area contributed by atoms with Gasteiger partial charge in [-0.1, -0.05) is 51.9 Å².